The minimum atomic E-state index is -5.05. The van der Waals surface area contributed by atoms with E-state index in [1.165, 1.54) is 0 Å². The third-order valence-electron chi connectivity index (χ3n) is 4.48. The summed E-state index contributed by atoms with van der Waals surface area (Å²) in [5, 5.41) is 0. The summed E-state index contributed by atoms with van der Waals surface area (Å²) in [4.78, 5) is 0. The Labute approximate surface area is 164 Å². The summed E-state index contributed by atoms with van der Waals surface area (Å²) >= 11 is -5.05. The minimum absolute atomic E-state index is 0.109. The predicted octanol–water partition coefficient (Wildman–Crippen LogP) is 6.08. The van der Waals surface area contributed by atoms with Crippen molar-refractivity contribution in [1.29, 1.82) is 0 Å². The second kappa shape index (κ2) is 15.0. The SMILES string of the molecule is CCCCC[O][Sn]([CH2]C(F)C(F)CF)([CH2]C(F)C(F)CF)[CH2]C(F)C(F)CF. The van der Waals surface area contributed by atoms with E-state index in [4.69, 9.17) is 3.07 Å². The van der Waals surface area contributed by atoms with Gasteiger partial charge in [-0.2, -0.15) is 0 Å². The molecule has 0 radical (unpaired) electrons. The molecular formula is C17H29F9OSn. The summed E-state index contributed by atoms with van der Waals surface area (Å²) < 4.78 is 123. The van der Waals surface area contributed by atoms with Gasteiger partial charge in [0.25, 0.3) is 0 Å². The first kappa shape index (κ1) is 28.1. The normalized spacial score (nSPS) is 20.8. The van der Waals surface area contributed by atoms with Gasteiger partial charge in [-0.3, -0.25) is 0 Å². The van der Waals surface area contributed by atoms with E-state index in [0.29, 0.717) is 12.8 Å². The fourth-order valence-electron chi connectivity index (χ4n) is 2.81. The fourth-order valence-corrected chi connectivity index (χ4v) is 15.2. The Kier molecular flexibility index (Phi) is 15.1. The van der Waals surface area contributed by atoms with Gasteiger partial charge in [-0.1, -0.05) is 0 Å². The van der Waals surface area contributed by atoms with E-state index in [9.17, 15) is 39.5 Å². The Morgan fingerprint density at radius 1 is 0.607 bits per heavy atom. The van der Waals surface area contributed by atoms with Gasteiger partial charge in [0, 0.05) is 0 Å². The summed E-state index contributed by atoms with van der Waals surface area (Å²) in [5.74, 6) is 0. The number of hydrogen-bond acceptors (Lipinski definition) is 1. The fraction of sp³-hybridized carbons (Fsp3) is 1.00. The molecule has 0 amide bonds. The van der Waals surface area contributed by atoms with Gasteiger partial charge in [0.05, 0.1) is 0 Å². The van der Waals surface area contributed by atoms with Crippen molar-refractivity contribution < 1.29 is 42.6 Å². The van der Waals surface area contributed by atoms with Crippen molar-refractivity contribution >= 4 is 18.8 Å². The third-order valence-corrected chi connectivity index (χ3v) is 16.5. The van der Waals surface area contributed by atoms with Crippen LogP contribution in [0, 0.1) is 0 Å². The van der Waals surface area contributed by atoms with Crippen LogP contribution in [0.25, 0.3) is 0 Å². The third kappa shape index (κ3) is 10.2. The zero-order chi connectivity index (χ0) is 21.7. The topological polar surface area (TPSA) is 9.23 Å². The predicted molar refractivity (Wildman–Crippen MR) is 93.0 cm³/mol. The summed E-state index contributed by atoms with van der Waals surface area (Å²) in [6.45, 7) is -3.33. The quantitative estimate of drug-likeness (QED) is 0.124. The van der Waals surface area contributed by atoms with E-state index in [0.717, 1.165) is 6.42 Å². The van der Waals surface area contributed by atoms with Crippen molar-refractivity contribution in [3.05, 3.63) is 0 Å². The Morgan fingerprint density at radius 2 is 0.964 bits per heavy atom. The second-order valence-electron chi connectivity index (χ2n) is 6.91. The van der Waals surface area contributed by atoms with Crippen LogP contribution in [0.4, 0.5) is 39.5 Å². The number of alkyl halides is 9. The van der Waals surface area contributed by atoms with Crippen molar-refractivity contribution in [2.24, 2.45) is 0 Å². The first-order valence-electron chi connectivity index (χ1n) is 9.32. The summed E-state index contributed by atoms with van der Waals surface area (Å²) in [5.41, 5.74) is 0. The maximum absolute atomic E-state index is 14.1. The molecule has 0 aromatic heterocycles. The monoisotopic (exact) mass is 540 g/mol. The molecule has 0 aliphatic carbocycles. The van der Waals surface area contributed by atoms with Gasteiger partial charge in [-0.05, 0) is 0 Å². The first-order valence-corrected chi connectivity index (χ1v) is 16.5. The summed E-state index contributed by atoms with van der Waals surface area (Å²) in [7, 11) is 0. The van der Waals surface area contributed by atoms with E-state index in [-0.39, 0.29) is 6.61 Å². The average molecular weight is 539 g/mol. The Bertz CT molecular complexity index is 348. The molecule has 6 atom stereocenters. The van der Waals surface area contributed by atoms with Crippen LogP contribution in [0.1, 0.15) is 26.2 Å². The maximum atomic E-state index is 14.1. The molecule has 0 N–H and O–H groups in total. The molecular weight excluding hydrogens is 510 g/mol. The van der Waals surface area contributed by atoms with E-state index < -0.39 is 89.2 Å². The van der Waals surface area contributed by atoms with Gasteiger partial charge in [0.15, 0.2) is 0 Å². The molecule has 11 heteroatoms. The molecule has 0 fully saturated rings. The molecule has 0 saturated carbocycles. The standard InChI is InChI=1S/C5H11O.3C4H6F3.Sn/c1-2-3-4-5-6;3*1-3(6)4(7)2-5;/h2-5H2,1H3;3*3-4H,1-2H2;/q-1;;;;+1. The van der Waals surface area contributed by atoms with Gasteiger partial charge in [-0.25, -0.2) is 0 Å². The number of rotatable bonds is 17. The van der Waals surface area contributed by atoms with E-state index in [1.807, 2.05) is 6.92 Å². The molecule has 28 heavy (non-hydrogen) atoms. The Balaban J connectivity index is 5.63. The number of hydrogen-bond donors (Lipinski definition) is 0. The Hall–Kier alpha value is 0.129. The zero-order valence-corrected chi connectivity index (χ0v) is 18.7. The number of halogens is 9. The van der Waals surface area contributed by atoms with Crippen LogP contribution in [-0.2, 0) is 3.07 Å². The van der Waals surface area contributed by atoms with Crippen LogP contribution < -0.4 is 0 Å². The van der Waals surface area contributed by atoms with Crippen LogP contribution in [0.15, 0.2) is 0 Å². The van der Waals surface area contributed by atoms with Crippen LogP contribution in [0.3, 0.4) is 0 Å². The first-order chi connectivity index (χ1) is 13.2. The van der Waals surface area contributed by atoms with Gasteiger partial charge in [-0.15, -0.1) is 0 Å². The zero-order valence-electron chi connectivity index (χ0n) is 15.8. The molecule has 170 valence electrons. The number of unbranched alkanes of at least 4 members (excludes halogenated alkanes) is 2. The Morgan fingerprint density at radius 3 is 1.25 bits per heavy atom. The van der Waals surface area contributed by atoms with E-state index >= 15 is 0 Å². The van der Waals surface area contributed by atoms with Crippen LogP contribution in [0.2, 0.25) is 13.3 Å². The van der Waals surface area contributed by atoms with Gasteiger partial charge in [0.1, 0.15) is 0 Å². The molecule has 0 aromatic rings. The molecule has 0 bridgehead atoms. The molecule has 0 saturated heterocycles. The molecule has 0 heterocycles. The van der Waals surface area contributed by atoms with E-state index in [1.54, 1.807) is 0 Å². The molecule has 0 spiro atoms. The molecule has 1 nitrogen and oxygen atoms in total. The molecule has 0 rings (SSSR count). The summed E-state index contributed by atoms with van der Waals surface area (Å²) in [6.07, 6.45) is -13.4. The van der Waals surface area contributed by atoms with Gasteiger partial charge in [0.2, 0.25) is 0 Å². The van der Waals surface area contributed by atoms with Crippen LogP contribution in [0.5, 0.6) is 0 Å². The van der Waals surface area contributed by atoms with Crippen molar-refractivity contribution in [2.45, 2.75) is 76.5 Å². The van der Waals surface area contributed by atoms with Gasteiger partial charge >= 0.3 is 165 Å². The van der Waals surface area contributed by atoms with Gasteiger partial charge < -0.3 is 0 Å². The van der Waals surface area contributed by atoms with E-state index in [2.05, 4.69) is 0 Å². The summed E-state index contributed by atoms with van der Waals surface area (Å²) in [6, 6.07) is 0. The average Bonchev–Trinajstić information content (AvgIpc) is 2.68. The molecule has 0 aliphatic rings. The van der Waals surface area contributed by atoms with Crippen LogP contribution in [-0.4, -0.2) is 82.5 Å². The van der Waals surface area contributed by atoms with Crippen molar-refractivity contribution in [3.63, 3.8) is 0 Å². The van der Waals surface area contributed by atoms with Crippen molar-refractivity contribution in [3.8, 4) is 0 Å². The van der Waals surface area contributed by atoms with Crippen LogP contribution >= 0.6 is 0 Å². The molecule has 0 aliphatic heterocycles. The molecule has 6 unspecified atom stereocenters. The molecule has 0 aromatic carbocycles. The van der Waals surface area contributed by atoms with Crippen molar-refractivity contribution in [1.82, 2.24) is 0 Å². The van der Waals surface area contributed by atoms with Crippen molar-refractivity contribution in [2.75, 3.05) is 26.6 Å². The second-order valence-corrected chi connectivity index (χ2v) is 18.0.